The van der Waals surface area contributed by atoms with Gasteiger partial charge in [-0.3, -0.25) is 0 Å². The molecule has 2 rings (SSSR count). The van der Waals surface area contributed by atoms with E-state index < -0.39 is 0 Å². The van der Waals surface area contributed by atoms with Gasteiger partial charge in [0, 0.05) is 5.56 Å². The standard InChI is InChI=1S/C10H9ClO/c11-9-5-3-7-12-10-6-2-1-4-8(9)10/h1-6,9H,7H2. The topological polar surface area (TPSA) is 9.23 Å². The van der Waals surface area contributed by atoms with Gasteiger partial charge in [0.2, 0.25) is 0 Å². The van der Waals surface area contributed by atoms with E-state index in [1.807, 2.05) is 36.4 Å². The molecule has 12 heavy (non-hydrogen) atoms. The Labute approximate surface area is 76.6 Å². The van der Waals surface area contributed by atoms with E-state index >= 15 is 0 Å². The highest BCUT2D eigenvalue weighted by molar-refractivity contribution is 6.22. The molecule has 1 unspecified atom stereocenters. The van der Waals surface area contributed by atoms with E-state index in [2.05, 4.69) is 0 Å². The molecule has 1 aliphatic heterocycles. The fourth-order valence-corrected chi connectivity index (χ4v) is 1.54. The third-order valence-corrected chi connectivity index (χ3v) is 2.24. The van der Waals surface area contributed by atoms with Crippen LogP contribution in [0.3, 0.4) is 0 Å². The SMILES string of the molecule is ClC1C=CCOc2ccccc21. The summed E-state index contributed by atoms with van der Waals surface area (Å²) < 4.78 is 5.45. The highest BCUT2D eigenvalue weighted by atomic mass is 35.5. The summed E-state index contributed by atoms with van der Waals surface area (Å²) in [5, 5.41) is -0.0521. The molecular formula is C10H9ClO. The van der Waals surface area contributed by atoms with Crippen molar-refractivity contribution in [2.24, 2.45) is 0 Å². The van der Waals surface area contributed by atoms with Crippen molar-refractivity contribution in [1.29, 1.82) is 0 Å². The van der Waals surface area contributed by atoms with Crippen molar-refractivity contribution in [3.8, 4) is 5.75 Å². The number of ether oxygens (including phenoxy) is 1. The first-order valence-electron chi connectivity index (χ1n) is 3.90. The van der Waals surface area contributed by atoms with Gasteiger partial charge in [0.25, 0.3) is 0 Å². The summed E-state index contributed by atoms with van der Waals surface area (Å²) in [5.74, 6) is 0.891. The second-order valence-electron chi connectivity index (χ2n) is 2.68. The van der Waals surface area contributed by atoms with E-state index in [9.17, 15) is 0 Å². The van der Waals surface area contributed by atoms with Crippen LogP contribution in [0.4, 0.5) is 0 Å². The van der Waals surface area contributed by atoms with Crippen molar-refractivity contribution < 1.29 is 4.74 Å². The Balaban J connectivity index is 2.46. The minimum absolute atomic E-state index is 0.0521. The maximum atomic E-state index is 6.08. The molecule has 2 heteroatoms. The van der Waals surface area contributed by atoms with Crippen molar-refractivity contribution in [3.05, 3.63) is 42.0 Å². The average molecular weight is 181 g/mol. The number of hydrogen-bond acceptors (Lipinski definition) is 1. The lowest BCUT2D eigenvalue weighted by atomic mass is 10.1. The molecule has 0 radical (unpaired) electrons. The highest BCUT2D eigenvalue weighted by Gasteiger charge is 2.11. The van der Waals surface area contributed by atoms with E-state index in [-0.39, 0.29) is 5.38 Å². The number of benzene rings is 1. The molecule has 0 fully saturated rings. The van der Waals surface area contributed by atoms with Crippen molar-refractivity contribution in [2.45, 2.75) is 5.38 Å². The summed E-state index contributed by atoms with van der Waals surface area (Å²) in [6.45, 7) is 0.611. The maximum Gasteiger partial charge on any atom is 0.124 e. The lowest BCUT2D eigenvalue weighted by Crippen LogP contribution is -1.93. The summed E-state index contributed by atoms with van der Waals surface area (Å²) in [7, 11) is 0. The van der Waals surface area contributed by atoms with Crippen LogP contribution in [0.25, 0.3) is 0 Å². The summed E-state index contributed by atoms with van der Waals surface area (Å²) in [6.07, 6.45) is 3.89. The molecule has 1 aromatic rings. The molecule has 1 heterocycles. The van der Waals surface area contributed by atoms with E-state index in [0.717, 1.165) is 11.3 Å². The van der Waals surface area contributed by atoms with E-state index in [0.29, 0.717) is 6.61 Å². The van der Waals surface area contributed by atoms with Gasteiger partial charge in [0.15, 0.2) is 0 Å². The second-order valence-corrected chi connectivity index (χ2v) is 3.15. The van der Waals surface area contributed by atoms with Crippen LogP contribution < -0.4 is 4.74 Å². The molecule has 0 saturated carbocycles. The largest absolute Gasteiger partial charge is 0.489 e. The Morgan fingerprint density at radius 3 is 3.08 bits per heavy atom. The molecule has 1 aliphatic rings. The summed E-state index contributed by atoms with van der Waals surface area (Å²) >= 11 is 6.08. The van der Waals surface area contributed by atoms with E-state index in [1.54, 1.807) is 0 Å². The third-order valence-electron chi connectivity index (χ3n) is 1.86. The number of halogens is 1. The Bertz CT molecular complexity index is 306. The van der Waals surface area contributed by atoms with Gasteiger partial charge < -0.3 is 4.74 Å². The number of hydrogen-bond donors (Lipinski definition) is 0. The minimum atomic E-state index is -0.0521. The predicted molar refractivity (Wildman–Crippen MR) is 49.7 cm³/mol. The molecule has 1 nitrogen and oxygen atoms in total. The maximum absolute atomic E-state index is 6.08. The van der Waals surface area contributed by atoms with Crippen LogP contribution >= 0.6 is 11.6 Å². The zero-order valence-corrected chi connectivity index (χ0v) is 7.29. The minimum Gasteiger partial charge on any atom is -0.489 e. The van der Waals surface area contributed by atoms with Gasteiger partial charge in [0.05, 0.1) is 5.38 Å². The lowest BCUT2D eigenvalue weighted by molar-refractivity contribution is 0.362. The molecule has 1 aromatic carbocycles. The fraction of sp³-hybridized carbons (Fsp3) is 0.200. The van der Waals surface area contributed by atoms with Gasteiger partial charge in [-0.2, -0.15) is 0 Å². The van der Waals surface area contributed by atoms with Gasteiger partial charge in [-0.05, 0) is 12.1 Å². The molecule has 0 spiro atoms. The van der Waals surface area contributed by atoms with Crippen molar-refractivity contribution in [1.82, 2.24) is 0 Å². The van der Waals surface area contributed by atoms with E-state index in [1.165, 1.54) is 0 Å². The van der Waals surface area contributed by atoms with Crippen LogP contribution in [-0.2, 0) is 0 Å². The van der Waals surface area contributed by atoms with Crippen LogP contribution in [0, 0.1) is 0 Å². The lowest BCUT2D eigenvalue weighted by Gasteiger charge is -2.08. The monoisotopic (exact) mass is 180 g/mol. The van der Waals surface area contributed by atoms with Gasteiger partial charge in [-0.15, -0.1) is 11.6 Å². The van der Waals surface area contributed by atoms with Crippen LogP contribution in [-0.4, -0.2) is 6.61 Å². The summed E-state index contributed by atoms with van der Waals surface area (Å²) in [5.41, 5.74) is 1.05. The van der Waals surface area contributed by atoms with Gasteiger partial charge in [0.1, 0.15) is 12.4 Å². The summed E-state index contributed by atoms with van der Waals surface area (Å²) in [6, 6.07) is 7.85. The van der Waals surface area contributed by atoms with Gasteiger partial charge >= 0.3 is 0 Å². The van der Waals surface area contributed by atoms with Crippen LogP contribution in [0.15, 0.2) is 36.4 Å². The van der Waals surface area contributed by atoms with Crippen LogP contribution in [0.2, 0.25) is 0 Å². The molecule has 62 valence electrons. The molecule has 0 aliphatic carbocycles. The smallest absolute Gasteiger partial charge is 0.124 e. The predicted octanol–water partition coefficient (Wildman–Crippen LogP) is 2.92. The van der Waals surface area contributed by atoms with E-state index in [4.69, 9.17) is 16.3 Å². The Kier molecular flexibility index (Phi) is 2.05. The first kappa shape index (κ1) is 7.69. The first-order valence-corrected chi connectivity index (χ1v) is 4.34. The number of fused-ring (bicyclic) bond motifs is 1. The Morgan fingerprint density at radius 1 is 1.33 bits per heavy atom. The number of alkyl halides is 1. The van der Waals surface area contributed by atoms with Crippen molar-refractivity contribution in [3.63, 3.8) is 0 Å². The zero-order chi connectivity index (χ0) is 8.39. The molecule has 0 aromatic heterocycles. The Morgan fingerprint density at radius 2 is 2.17 bits per heavy atom. The molecule has 1 atom stereocenters. The molecule has 0 amide bonds. The normalized spacial score (nSPS) is 20.9. The fourth-order valence-electron chi connectivity index (χ4n) is 1.26. The third kappa shape index (κ3) is 1.32. The quantitative estimate of drug-likeness (QED) is 0.441. The summed E-state index contributed by atoms with van der Waals surface area (Å²) in [4.78, 5) is 0. The van der Waals surface area contributed by atoms with Crippen molar-refractivity contribution >= 4 is 11.6 Å². The average Bonchev–Trinajstić information content (AvgIpc) is 2.29. The van der Waals surface area contributed by atoms with Crippen LogP contribution in [0.5, 0.6) is 5.75 Å². The second kappa shape index (κ2) is 3.20. The van der Waals surface area contributed by atoms with Gasteiger partial charge in [-0.1, -0.05) is 24.3 Å². The van der Waals surface area contributed by atoms with Crippen molar-refractivity contribution in [2.75, 3.05) is 6.61 Å². The highest BCUT2D eigenvalue weighted by Crippen LogP contribution is 2.32. The molecule has 0 N–H and O–H groups in total. The van der Waals surface area contributed by atoms with Gasteiger partial charge in [-0.25, -0.2) is 0 Å². The number of rotatable bonds is 0. The molecule has 0 bridgehead atoms. The van der Waals surface area contributed by atoms with Crippen LogP contribution in [0.1, 0.15) is 10.9 Å². The molecular weight excluding hydrogens is 172 g/mol. The molecule has 0 saturated heterocycles. The Hall–Kier alpha value is -0.950. The zero-order valence-electron chi connectivity index (χ0n) is 6.53. The number of allylic oxidation sites excluding steroid dienone is 1. The number of para-hydroxylation sites is 1. The first-order chi connectivity index (χ1) is 5.88.